The zero-order valence-corrected chi connectivity index (χ0v) is 16.7. The largest absolute Gasteiger partial charge is 0.367 e. The molecule has 1 atom stereocenters. The van der Waals surface area contributed by atoms with Crippen LogP contribution >= 0.6 is 0 Å². The van der Waals surface area contributed by atoms with Gasteiger partial charge in [-0.15, -0.1) is 0 Å². The van der Waals surface area contributed by atoms with E-state index in [2.05, 4.69) is 25.9 Å². The number of urea groups is 1. The van der Waals surface area contributed by atoms with Crippen molar-refractivity contribution in [2.45, 2.75) is 39.2 Å². The van der Waals surface area contributed by atoms with Gasteiger partial charge in [0.05, 0.1) is 5.56 Å². The van der Waals surface area contributed by atoms with E-state index in [0.717, 1.165) is 32.4 Å². The molecule has 0 aliphatic carbocycles. The summed E-state index contributed by atoms with van der Waals surface area (Å²) in [5.41, 5.74) is 7.06. The number of primary amides is 1. The zero-order valence-electron chi connectivity index (χ0n) is 16.7. The van der Waals surface area contributed by atoms with Crippen LogP contribution < -0.4 is 21.7 Å². The Balaban J connectivity index is 1.74. The quantitative estimate of drug-likeness (QED) is 0.569. The van der Waals surface area contributed by atoms with Gasteiger partial charge in [0.1, 0.15) is 5.82 Å². The van der Waals surface area contributed by atoms with E-state index in [-0.39, 0.29) is 17.6 Å². The molecule has 9 nitrogen and oxygen atoms in total. The van der Waals surface area contributed by atoms with E-state index in [4.69, 9.17) is 5.73 Å². The van der Waals surface area contributed by atoms with Crippen LogP contribution in [0.5, 0.6) is 0 Å². The summed E-state index contributed by atoms with van der Waals surface area (Å²) in [6.07, 6.45) is 4.35. The second-order valence-electron chi connectivity index (χ2n) is 7.10. The number of carbonyl (C=O) groups is 2. The molecular weight excluding hydrogens is 370 g/mol. The van der Waals surface area contributed by atoms with E-state index >= 15 is 0 Å². The highest BCUT2D eigenvalue weighted by atomic mass is 16.2. The van der Waals surface area contributed by atoms with Gasteiger partial charge >= 0.3 is 6.03 Å². The molecule has 0 saturated carbocycles. The van der Waals surface area contributed by atoms with Gasteiger partial charge in [0.15, 0.2) is 0 Å². The van der Waals surface area contributed by atoms with Crippen molar-refractivity contribution in [2.24, 2.45) is 5.73 Å². The summed E-state index contributed by atoms with van der Waals surface area (Å²) < 4.78 is 0. The van der Waals surface area contributed by atoms with Crippen molar-refractivity contribution < 1.29 is 9.59 Å². The molecule has 0 radical (unpaired) electrons. The average molecular weight is 397 g/mol. The van der Waals surface area contributed by atoms with Crippen LogP contribution in [0, 0.1) is 0 Å². The summed E-state index contributed by atoms with van der Waals surface area (Å²) >= 11 is 0. The van der Waals surface area contributed by atoms with E-state index in [9.17, 15) is 9.59 Å². The highest BCUT2D eigenvalue weighted by molar-refractivity contribution is 5.97. The zero-order chi connectivity index (χ0) is 20.8. The van der Waals surface area contributed by atoms with Gasteiger partial charge in [-0.2, -0.15) is 4.98 Å². The van der Waals surface area contributed by atoms with Crippen LogP contribution in [0.1, 0.15) is 43.5 Å². The smallest absolute Gasteiger partial charge is 0.321 e. The molecule has 1 saturated heterocycles. The molecule has 0 spiro atoms. The maximum absolute atomic E-state index is 12.3. The number of nitrogens with one attached hydrogen (secondary N) is 3. The Kier molecular flexibility index (Phi) is 6.48. The SMILES string of the molecule is CC[C@H](C)Nc1nc(Nc2cccc(NC(=O)N3CCCC3)c2)ncc1C(N)=O. The van der Waals surface area contributed by atoms with Crippen molar-refractivity contribution >= 4 is 35.1 Å². The predicted molar refractivity (Wildman–Crippen MR) is 113 cm³/mol. The fraction of sp³-hybridized carbons (Fsp3) is 0.400. The van der Waals surface area contributed by atoms with Gasteiger partial charge < -0.3 is 26.6 Å². The van der Waals surface area contributed by atoms with Gasteiger partial charge in [-0.25, -0.2) is 9.78 Å². The second kappa shape index (κ2) is 9.22. The van der Waals surface area contributed by atoms with Crippen molar-refractivity contribution in [3.8, 4) is 0 Å². The third-order valence-electron chi connectivity index (χ3n) is 4.81. The van der Waals surface area contributed by atoms with Gasteiger partial charge in [-0.3, -0.25) is 4.79 Å². The van der Waals surface area contributed by atoms with Crippen LogP contribution in [-0.2, 0) is 0 Å². The summed E-state index contributed by atoms with van der Waals surface area (Å²) in [6.45, 7) is 5.60. The highest BCUT2D eigenvalue weighted by Crippen LogP contribution is 2.21. The maximum Gasteiger partial charge on any atom is 0.321 e. The summed E-state index contributed by atoms with van der Waals surface area (Å²) in [5.74, 6) is 0.126. The molecule has 2 aromatic rings. The van der Waals surface area contributed by atoms with E-state index < -0.39 is 5.91 Å². The Morgan fingerprint density at radius 1 is 1.24 bits per heavy atom. The van der Waals surface area contributed by atoms with Crippen molar-refractivity contribution in [1.82, 2.24) is 14.9 Å². The highest BCUT2D eigenvalue weighted by Gasteiger charge is 2.18. The standard InChI is InChI=1S/C20H27N7O2/c1-3-13(2)23-18-16(17(21)28)12-22-19(26-18)24-14-7-6-8-15(11-14)25-20(29)27-9-4-5-10-27/h6-8,11-13H,3-5,9-10H2,1-2H3,(H2,21,28)(H,25,29)(H2,22,23,24,26)/t13-/m0/s1. The Morgan fingerprint density at radius 3 is 2.66 bits per heavy atom. The molecule has 29 heavy (non-hydrogen) atoms. The molecular formula is C20H27N7O2. The van der Waals surface area contributed by atoms with Gasteiger partial charge in [-0.1, -0.05) is 13.0 Å². The first kappa shape index (κ1) is 20.4. The number of rotatable bonds is 7. The van der Waals surface area contributed by atoms with Crippen molar-refractivity contribution in [3.05, 3.63) is 36.0 Å². The first-order valence-corrected chi connectivity index (χ1v) is 9.82. The minimum atomic E-state index is -0.589. The monoisotopic (exact) mass is 397 g/mol. The third-order valence-corrected chi connectivity index (χ3v) is 4.81. The number of hydrogen-bond acceptors (Lipinski definition) is 6. The lowest BCUT2D eigenvalue weighted by atomic mass is 10.2. The molecule has 1 fully saturated rings. The minimum absolute atomic E-state index is 0.0956. The van der Waals surface area contributed by atoms with E-state index in [1.54, 1.807) is 11.0 Å². The molecule has 1 aliphatic rings. The van der Waals surface area contributed by atoms with Crippen LogP contribution in [-0.4, -0.2) is 45.9 Å². The van der Waals surface area contributed by atoms with Gasteiger partial charge in [-0.05, 0) is 44.4 Å². The first-order chi connectivity index (χ1) is 14.0. The molecule has 0 bridgehead atoms. The summed E-state index contributed by atoms with van der Waals surface area (Å²) in [4.78, 5) is 34.3. The molecule has 154 valence electrons. The molecule has 3 rings (SSSR count). The Bertz CT molecular complexity index is 881. The van der Waals surface area contributed by atoms with Crippen LogP contribution in [0.4, 0.5) is 27.9 Å². The van der Waals surface area contributed by atoms with Gasteiger partial charge in [0, 0.05) is 36.7 Å². The maximum atomic E-state index is 12.3. The lowest BCUT2D eigenvalue weighted by Crippen LogP contribution is -2.32. The predicted octanol–water partition coefficient (Wildman–Crippen LogP) is 3.16. The summed E-state index contributed by atoms with van der Waals surface area (Å²) in [6, 6.07) is 7.34. The molecule has 3 amide bonds. The molecule has 1 aromatic carbocycles. The molecule has 5 N–H and O–H groups in total. The Labute approximate surface area is 170 Å². The van der Waals surface area contributed by atoms with E-state index in [1.807, 2.05) is 32.0 Å². The van der Waals surface area contributed by atoms with Crippen LogP contribution in [0.3, 0.4) is 0 Å². The number of aromatic nitrogens is 2. The minimum Gasteiger partial charge on any atom is -0.367 e. The molecule has 9 heteroatoms. The van der Waals surface area contributed by atoms with E-state index in [1.165, 1.54) is 6.20 Å². The van der Waals surface area contributed by atoms with E-state index in [0.29, 0.717) is 23.1 Å². The Hall–Kier alpha value is -3.36. The van der Waals surface area contributed by atoms with Crippen LogP contribution in [0.25, 0.3) is 0 Å². The second-order valence-corrected chi connectivity index (χ2v) is 7.10. The molecule has 1 aromatic heterocycles. The van der Waals surface area contributed by atoms with Gasteiger partial charge in [0.2, 0.25) is 5.95 Å². The lowest BCUT2D eigenvalue weighted by molar-refractivity contribution is 0.100. The number of anilines is 4. The third kappa shape index (κ3) is 5.34. The summed E-state index contributed by atoms with van der Waals surface area (Å²) in [7, 11) is 0. The normalized spacial score (nSPS) is 14.3. The van der Waals surface area contributed by atoms with Crippen molar-refractivity contribution in [1.29, 1.82) is 0 Å². The fourth-order valence-corrected chi connectivity index (χ4v) is 2.99. The summed E-state index contributed by atoms with van der Waals surface area (Å²) in [5, 5.41) is 9.20. The number of carbonyl (C=O) groups excluding carboxylic acids is 2. The number of benzene rings is 1. The Morgan fingerprint density at radius 2 is 1.97 bits per heavy atom. The molecule has 2 heterocycles. The van der Waals surface area contributed by atoms with Gasteiger partial charge in [0.25, 0.3) is 5.91 Å². The number of amides is 3. The topological polar surface area (TPSA) is 125 Å². The lowest BCUT2D eigenvalue weighted by Gasteiger charge is -2.17. The number of nitrogens with two attached hydrogens (primary N) is 1. The number of likely N-dealkylation sites (tertiary alicyclic amines) is 1. The fourth-order valence-electron chi connectivity index (χ4n) is 2.99. The van der Waals surface area contributed by atoms with Crippen molar-refractivity contribution in [2.75, 3.05) is 29.0 Å². The molecule has 0 unspecified atom stereocenters. The van der Waals surface area contributed by atoms with Crippen LogP contribution in [0.15, 0.2) is 30.5 Å². The average Bonchev–Trinajstić information content (AvgIpc) is 3.23. The number of hydrogen-bond donors (Lipinski definition) is 4. The van der Waals surface area contributed by atoms with Crippen LogP contribution in [0.2, 0.25) is 0 Å². The number of nitrogens with zero attached hydrogens (tertiary/aromatic N) is 3. The first-order valence-electron chi connectivity index (χ1n) is 9.82. The van der Waals surface area contributed by atoms with Crippen molar-refractivity contribution in [3.63, 3.8) is 0 Å². The molecule has 1 aliphatic heterocycles.